The molecular formula is C18H15F3N2O3. The van der Waals surface area contributed by atoms with Gasteiger partial charge < -0.3 is 5.73 Å². The molecule has 1 aliphatic carbocycles. The molecule has 1 amide bonds. The van der Waals surface area contributed by atoms with E-state index in [-0.39, 0.29) is 10.1 Å². The van der Waals surface area contributed by atoms with Crippen LogP contribution in [0.15, 0.2) is 35.1 Å². The number of nitrogens with two attached hydrogens (primary N) is 1. The lowest BCUT2D eigenvalue weighted by atomic mass is 10.0. The zero-order valence-corrected chi connectivity index (χ0v) is 13.6. The molecule has 0 atom stereocenters. The van der Waals surface area contributed by atoms with Crippen molar-refractivity contribution in [2.75, 3.05) is 0 Å². The molecule has 1 aromatic heterocycles. The van der Waals surface area contributed by atoms with Gasteiger partial charge in [0.05, 0.1) is 6.54 Å². The molecule has 26 heavy (non-hydrogen) atoms. The number of aryl methyl sites for hydroxylation is 2. The lowest BCUT2D eigenvalue weighted by Crippen LogP contribution is -2.35. The fourth-order valence-corrected chi connectivity index (χ4v) is 3.15. The van der Waals surface area contributed by atoms with Gasteiger partial charge in [0.1, 0.15) is 11.3 Å². The van der Waals surface area contributed by atoms with E-state index in [2.05, 4.69) is 0 Å². The van der Waals surface area contributed by atoms with E-state index < -0.39 is 41.2 Å². The number of pyridine rings is 1. The summed E-state index contributed by atoms with van der Waals surface area (Å²) in [5.41, 5.74) is 4.23. The van der Waals surface area contributed by atoms with Crippen molar-refractivity contribution in [3.63, 3.8) is 0 Å². The first-order valence-corrected chi connectivity index (χ1v) is 7.94. The number of hydrogen-bond donors (Lipinski definition) is 1. The maximum Gasteiger partial charge on any atom is 0.431 e. The maximum absolute atomic E-state index is 13.2. The van der Waals surface area contributed by atoms with Crippen LogP contribution < -0.4 is 11.3 Å². The van der Waals surface area contributed by atoms with Gasteiger partial charge in [-0.1, -0.05) is 12.1 Å². The van der Waals surface area contributed by atoms with Gasteiger partial charge in [0.2, 0.25) is 0 Å². The number of carbonyl (C=O) groups excluding carboxylic acids is 2. The van der Waals surface area contributed by atoms with Crippen molar-refractivity contribution in [3.05, 3.63) is 68.6 Å². The van der Waals surface area contributed by atoms with E-state index in [0.29, 0.717) is 6.07 Å². The molecule has 0 fully saturated rings. The molecular weight excluding hydrogens is 349 g/mol. The fourth-order valence-electron chi connectivity index (χ4n) is 3.15. The number of Topliss-reactive ketones (excluding diaryl/α,β-unsaturated/α-hetero) is 1. The molecule has 136 valence electrons. The summed E-state index contributed by atoms with van der Waals surface area (Å²) in [6, 6.07) is 6.29. The minimum atomic E-state index is -4.85. The number of alkyl halides is 3. The molecule has 8 heteroatoms. The van der Waals surface area contributed by atoms with Gasteiger partial charge in [-0.25, -0.2) is 0 Å². The van der Waals surface area contributed by atoms with Crippen molar-refractivity contribution in [1.82, 2.24) is 4.57 Å². The Balaban J connectivity index is 2.03. The van der Waals surface area contributed by atoms with Crippen LogP contribution in [0.2, 0.25) is 0 Å². The molecule has 1 aliphatic rings. The van der Waals surface area contributed by atoms with E-state index in [1.54, 1.807) is 18.2 Å². The van der Waals surface area contributed by atoms with Gasteiger partial charge in [-0.3, -0.25) is 19.0 Å². The van der Waals surface area contributed by atoms with Gasteiger partial charge in [-0.15, -0.1) is 0 Å². The molecule has 0 saturated carbocycles. The molecule has 0 spiro atoms. The van der Waals surface area contributed by atoms with Crippen LogP contribution in [-0.2, 0) is 25.6 Å². The van der Waals surface area contributed by atoms with Crippen LogP contribution in [0.25, 0.3) is 0 Å². The molecule has 2 N–H and O–H groups in total. The summed E-state index contributed by atoms with van der Waals surface area (Å²) >= 11 is 0. The van der Waals surface area contributed by atoms with E-state index in [1.165, 1.54) is 0 Å². The number of amides is 1. The number of hydrogen-bond acceptors (Lipinski definition) is 3. The molecule has 3 rings (SSSR count). The van der Waals surface area contributed by atoms with Gasteiger partial charge in [0.25, 0.3) is 11.5 Å². The van der Waals surface area contributed by atoms with E-state index in [0.717, 1.165) is 36.5 Å². The van der Waals surface area contributed by atoms with E-state index >= 15 is 0 Å². The average molecular weight is 364 g/mol. The molecule has 0 aliphatic heterocycles. The monoisotopic (exact) mass is 364 g/mol. The number of nitrogens with zero attached hydrogens (tertiary/aromatic N) is 1. The van der Waals surface area contributed by atoms with E-state index in [1.807, 2.05) is 0 Å². The Bertz CT molecular complexity index is 961. The molecule has 1 aromatic carbocycles. The van der Waals surface area contributed by atoms with Crippen LogP contribution in [0, 0.1) is 0 Å². The highest BCUT2D eigenvalue weighted by Crippen LogP contribution is 2.29. The fraction of sp³-hybridized carbons (Fsp3) is 0.278. The van der Waals surface area contributed by atoms with Crippen molar-refractivity contribution in [2.45, 2.75) is 32.0 Å². The first kappa shape index (κ1) is 17.9. The third kappa shape index (κ3) is 3.26. The van der Waals surface area contributed by atoms with Crippen molar-refractivity contribution in [2.24, 2.45) is 5.73 Å². The molecule has 1 heterocycles. The maximum atomic E-state index is 13.2. The average Bonchev–Trinajstić information content (AvgIpc) is 3.02. The Morgan fingerprint density at radius 2 is 1.77 bits per heavy atom. The normalized spacial score (nSPS) is 13.5. The highest BCUT2D eigenvalue weighted by atomic mass is 19.4. The van der Waals surface area contributed by atoms with Crippen molar-refractivity contribution < 1.29 is 22.8 Å². The zero-order valence-electron chi connectivity index (χ0n) is 13.6. The highest BCUT2D eigenvalue weighted by molar-refractivity contribution is 5.96. The lowest BCUT2D eigenvalue weighted by molar-refractivity contribution is -0.144. The molecule has 2 aromatic rings. The first-order chi connectivity index (χ1) is 12.2. The molecule has 0 saturated heterocycles. The Hall–Kier alpha value is -2.90. The Morgan fingerprint density at radius 1 is 1.08 bits per heavy atom. The Labute approximate surface area is 146 Å². The summed E-state index contributed by atoms with van der Waals surface area (Å²) in [7, 11) is 0. The van der Waals surface area contributed by atoms with E-state index in [4.69, 9.17) is 5.73 Å². The van der Waals surface area contributed by atoms with Gasteiger partial charge in [-0.05, 0) is 48.6 Å². The minimum absolute atomic E-state index is 0.232. The summed E-state index contributed by atoms with van der Waals surface area (Å²) in [5.74, 6) is -1.80. The largest absolute Gasteiger partial charge is 0.431 e. The molecule has 0 radical (unpaired) electrons. The third-order valence-electron chi connectivity index (χ3n) is 4.45. The number of halogens is 3. The number of fused-ring (bicyclic) bond motifs is 1. The predicted octanol–water partition coefficient (Wildman–Crippen LogP) is 2.34. The minimum Gasteiger partial charge on any atom is -0.365 e. The summed E-state index contributed by atoms with van der Waals surface area (Å²) < 4.78 is 39.9. The second-order valence-corrected chi connectivity index (χ2v) is 6.15. The number of aromatic nitrogens is 1. The molecule has 0 unspecified atom stereocenters. The van der Waals surface area contributed by atoms with Crippen molar-refractivity contribution in [3.8, 4) is 0 Å². The van der Waals surface area contributed by atoms with Crippen LogP contribution in [0.4, 0.5) is 13.2 Å². The van der Waals surface area contributed by atoms with Crippen molar-refractivity contribution in [1.29, 1.82) is 0 Å². The predicted molar refractivity (Wildman–Crippen MR) is 87.0 cm³/mol. The first-order valence-electron chi connectivity index (χ1n) is 7.94. The van der Waals surface area contributed by atoms with Crippen LogP contribution in [-0.4, -0.2) is 16.3 Å². The van der Waals surface area contributed by atoms with Gasteiger partial charge in [-0.2, -0.15) is 13.2 Å². The number of ketones is 1. The summed E-state index contributed by atoms with van der Waals surface area (Å²) in [4.78, 5) is 36.0. The molecule has 5 nitrogen and oxygen atoms in total. The summed E-state index contributed by atoms with van der Waals surface area (Å²) in [6.45, 7) is -0.826. The van der Waals surface area contributed by atoms with E-state index in [9.17, 15) is 27.6 Å². The number of benzene rings is 1. The van der Waals surface area contributed by atoms with Gasteiger partial charge in [0, 0.05) is 5.56 Å². The summed E-state index contributed by atoms with van der Waals surface area (Å²) in [5, 5.41) is 0. The second-order valence-electron chi connectivity index (χ2n) is 6.15. The third-order valence-corrected chi connectivity index (χ3v) is 4.45. The number of rotatable bonds is 4. The highest BCUT2D eigenvalue weighted by Gasteiger charge is 2.35. The van der Waals surface area contributed by atoms with Crippen LogP contribution in [0.1, 0.15) is 44.0 Å². The van der Waals surface area contributed by atoms with Crippen LogP contribution in [0.3, 0.4) is 0 Å². The standard InChI is InChI=1S/C18H15F3N2O3/c19-18(20,21)15-7-6-13(16(22)25)17(26)23(15)9-14(24)12-5-4-10-2-1-3-11(10)8-12/h4-8H,1-3,9H2,(H2,22,25). The molecule has 0 bridgehead atoms. The summed E-state index contributed by atoms with van der Waals surface area (Å²) in [6.07, 6.45) is -2.18. The SMILES string of the molecule is NC(=O)c1ccc(C(F)(F)F)n(CC(=O)c2ccc3c(c2)CCC3)c1=O. The Morgan fingerprint density at radius 3 is 2.42 bits per heavy atom. The van der Waals surface area contributed by atoms with Crippen LogP contribution in [0.5, 0.6) is 0 Å². The van der Waals surface area contributed by atoms with Crippen LogP contribution >= 0.6 is 0 Å². The lowest BCUT2D eigenvalue weighted by Gasteiger charge is -2.16. The van der Waals surface area contributed by atoms with Gasteiger partial charge in [0.15, 0.2) is 5.78 Å². The second kappa shape index (κ2) is 6.44. The smallest absolute Gasteiger partial charge is 0.365 e. The topological polar surface area (TPSA) is 82.2 Å². The number of primary amides is 1. The Kier molecular flexibility index (Phi) is 4.43. The quantitative estimate of drug-likeness (QED) is 0.846. The van der Waals surface area contributed by atoms with Gasteiger partial charge >= 0.3 is 6.18 Å². The number of carbonyl (C=O) groups is 2. The zero-order chi connectivity index (χ0) is 19.1. The van der Waals surface area contributed by atoms with Crippen molar-refractivity contribution >= 4 is 11.7 Å².